The maximum absolute atomic E-state index is 12.8. The Hall–Kier alpha value is -1.22. The average Bonchev–Trinajstić information content (AvgIpc) is 2.29. The van der Waals surface area contributed by atoms with Crippen molar-refractivity contribution >= 4 is 15.9 Å². The Morgan fingerprint density at radius 1 is 1.12 bits per heavy atom. The van der Waals surface area contributed by atoms with Crippen LogP contribution in [0.4, 0.5) is 4.39 Å². The first-order valence-corrected chi connectivity index (χ1v) is 6.28. The lowest BCUT2D eigenvalue weighted by molar-refractivity contribution is 0.584. The van der Waals surface area contributed by atoms with Crippen LogP contribution < -0.4 is 0 Å². The molecule has 1 heterocycles. The van der Waals surface area contributed by atoms with E-state index in [1.807, 2.05) is 6.07 Å². The number of nitrogens with zero attached hydrogens (tertiary/aromatic N) is 1. The highest BCUT2D eigenvalue weighted by atomic mass is 79.9. The van der Waals surface area contributed by atoms with Crippen LogP contribution in [0.25, 0.3) is 11.1 Å². The first-order valence-electron chi connectivity index (χ1n) is 5.48. The van der Waals surface area contributed by atoms with Gasteiger partial charge in [0, 0.05) is 16.2 Å². The van der Waals surface area contributed by atoms with Crippen molar-refractivity contribution in [2.45, 2.75) is 19.8 Å². The minimum atomic E-state index is -0.451. The average molecular weight is 294 g/mol. The van der Waals surface area contributed by atoms with E-state index in [4.69, 9.17) is 0 Å². The van der Waals surface area contributed by atoms with Crippen LogP contribution in [0.5, 0.6) is 0 Å². The summed E-state index contributed by atoms with van der Waals surface area (Å²) in [4.78, 5) is 3.68. The molecular weight excluding hydrogens is 281 g/mol. The van der Waals surface area contributed by atoms with Gasteiger partial charge >= 0.3 is 0 Å². The highest BCUT2D eigenvalue weighted by molar-refractivity contribution is 9.10. The van der Waals surface area contributed by atoms with Crippen LogP contribution in [0.3, 0.4) is 0 Å². The monoisotopic (exact) mass is 293 g/mol. The zero-order valence-corrected chi connectivity index (χ0v) is 11.3. The van der Waals surface area contributed by atoms with Crippen LogP contribution in [-0.2, 0) is 0 Å². The molecule has 17 heavy (non-hydrogen) atoms. The summed E-state index contributed by atoms with van der Waals surface area (Å²) in [7, 11) is 0. The Labute approximate surface area is 109 Å². The minimum absolute atomic E-state index is 0.451. The third kappa shape index (κ3) is 2.91. The standard InChI is InChI=1S/C14H13BrFN/c1-9(2)11-5-12(7-13(15)6-11)10-3-4-14(16)17-8-10/h3-9H,1-2H3. The number of hydrogen-bond donors (Lipinski definition) is 0. The summed E-state index contributed by atoms with van der Waals surface area (Å²) in [6, 6.07) is 9.36. The first-order chi connectivity index (χ1) is 8.06. The van der Waals surface area contributed by atoms with E-state index in [9.17, 15) is 4.39 Å². The Balaban J connectivity index is 2.48. The molecule has 1 aromatic carbocycles. The maximum atomic E-state index is 12.8. The van der Waals surface area contributed by atoms with Gasteiger partial charge in [-0.15, -0.1) is 0 Å². The second-order valence-corrected chi connectivity index (χ2v) is 5.21. The maximum Gasteiger partial charge on any atom is 0.212 e. The van der Waals surface area contributed by atoms with Crippen molar-refractivity contribution in [3.63, 3.8) is 0 Å². The smallest absolute Gasteiger partial charge is 0.212 e. The van der Waals surface area contributed by atoms with Gasteiger partial charge in [-0.05, 0) is 41.3 Å². The van der Waals surface area contributed by atoms with E-state index < -0.39 is 5.95 Å². The third-order valence-corrected chi connectivity index (χ3v) is 3.11. The molecule has 0 radical (unpaired) electrons. The van der Waals surface area contributed by atoms with Crippen LogP contribution in [0.2, 0.25) is 0 Å². The van der Waals surface area contributed by atoms with Gasteiger partial charge in [-0.1, -0.05) is 35.8 Å². The fraction of sp³-hybridized carbons (Fsp3) is 0.214. The molecule has 88 valence electrons. The van der Waals surface area contributed by atoms with E-state index in [0.29, 0.717) is 5.92 Å². The van der Waals surface area contributed by atoms with Gasteiger partial charge in [-0.2, -0.15) is 4.39 Å². The van der Waals surface area contributed by atoms with Crippen molar-refractivity contribution in [1.29, 1.82) is 0 Å². The van der Waals surface area contributed by atoms with E-state index in [1.165, 1.54) is 11.6 Å². The highest BCUT2D eigenvalue weighted by Crippen LogP contribution is 2.28. The van der Waals surface area contributed by atoms with E-state index in [1.54, 1.807) is 12.3 Å². The van der Waals surface area contributed by atoms with Crippen molar-refractivity contribution in [3.8, 4) is 11.1 Å². The summed E-state index contributed by atoms with van der Waals surface area (Å²) in [5, 5.41) is 0. The van der Waals surface area contributed by atoms with Crippen LogP contribution in [-0.4, -0.2) is 4.98 Å². The predicted octanol–water partition coefficient (Wildman–Crippen LogP) is 4.77. The van der Waals surface area contributed by atoms with Crippen molar-refractivity contribution in [3.05, 3.63) is 52.5 Å². The van der Waals surface area contributed by atoms with Crippen LogP contribution in [0.1, 0.15) is 25.3 Å². The Kier molecular flexibility index (Phi) is 3.57. The van der Waals surface area contributed by atoms with Gasteiger partial charge in [0.25, 0.3) is 0 Å². The molecule has 0 bridgehead atoms. The number of halogens is 2. The van der Waals surface area contributed by atoms with Crippen molar-refractivity contribution in [2.24, 2.45) is 0 Å². The molecule has 0 N–H and O–H groups in total. The lowest BCUT2D eigenvalue weighted by Crippen LogP contribution is -1.90. The summed E-state index contributed by atoms with van der Waals surface area (Å²) in [5.74, 6) is 0.00693. The van der Waals surface area contributed by atoms with Gasteiger partial charge in [0.15, 0.2) is 0 Å². The quantitative estimate of drug-likeness (QED) is 0.727. The molecule has 0 amide bonds. The molecule has 2 rings (SSSR count). The second kappa shape index (κ2) is 4.96. The molecule has 0 aliphatic heterocycles. The fourth-order valence-corrected chi connectivity index (χ4v) is 2.17. The third-order valence-electron chi connectivity index (χ3n) is 2.65. The van der Waals surface area contributed by atoms with Gasteiger partial charge < -0.3 is 0 Å². The second-order valence-electron chi connectivity index (χ2n) is 4.30. The molecule has 0 aliphatic rings. The first kappa shape index (κ1) is 12.2. The van der Waals surface area contributed by atoms with E-state index in [0.717, 1.165) is 15.6 Å². The molecule has 0 saturated heterocycles. The molecule has 1 aromatic heterocycles. The number of aromatic nitrogens is 1. The van der Waals surface area contributed by atoms with Crippen LogP contribution in [0, 0.1) is 5.95 Å². The SMILES string of the molecule is CC(C)c1cc(Br)cc(-c2ccc(F)nc2)c1. The number of rotatable bonds is 2. The van der Waals surface area contributed by atoms with Crippen molar-refractivity contribution < 1.29 is 4.39 Å². The fourth-order valence-electron chi connectivity index (χ4n) is 1.66. The van der Waals surface area contributed by atoms with Gasteiger partial charge in [0.1, 0.15) is 0 Å². The topological polar surface area (TPSA) is 12.9 Å². The van der Waals surface area contributed by atoms with E-state index in [2.05, 4.69) is 46.9 Å². The minimum Gasteiger partial charge on any atom is -0.228 e. The Morgan fingerprint density at radius 2 is 1.88 bits per heavy atom. The van der Waals surface area contributed by atoms with Crippen molar-refractivity contribution in [1.82, 2.24) is 4.98 Å². The van der Waals surface area contributed by atoms with Gasteiger partial charge in [-0.25, -0.2) is 4.98 Å². The lowest BCUT2D eigenvalue weighted by atomic mass is 9.98. The molecule has 0 aliphatic carbocycles. The normalized spacial score (nSPS) is 10.9. The van der Waals surface area contributed by atoms with Gasteiger partial charge in [0.2, 0.25) is 5.95 Å². The van der Waals surface area contributed by atoms with E-state index in [-0.39, 0.29) is 0 Å². The Morgan fingerprint density at radius 3 is 2.47 bits per heavy atom. The van der Waals surface area contributed by atoms with Crippen LogP contribution >= 0.6 is 15.9 Å². The van der Waals surface area contributed by atoms with Gasteiger partial charge in [-0.3, -0.25) is 0 Å². The zero-order valence-electron chi connectivity index (χ0n) is 9.74. The number of hydrogen-bond acceptors (Lipinski definition) is 1. The summed E-state index contributed by atoms with van der Waals surface area (Å²) in [6.45, 7) is 4.29. The summed E-state index contributed by atoms with van der Waals surface area (Å²) in [6.07, 6.45) is 1.56. The number of benzene rings is 1. The number of pyridine rings is 1. The lowest BCUT2D eigenvalue weighted by Gasteiger charge is -2.09. The van der Waals surface area contributed by atoms with Crippen LogP contribution in [0.15, 0.2) is 41.0 Å². The molecular formula is C14H13BrFN. The molecule has 0 unspecified atom stereocenters. The summed E-state index contributed by atoms with van der Waals surface area (Å²) < 4.78 is 13.8. The molecule has 0 saturated carbocycles. The Bertz CT molecular complexity index is 520. The van der Waals surface area contributed by atoms with Gasteiger partial charge in [0.05, 0.1) is 0 Å². The molecule has 1 nitrogen and oxygen atoms in total. The van der Waals surface area contributed by atoms with E-state index >= 15 is 0 Å². The summed E-state index contributed by atoms with van der Waals surface area (Å²) >= 11 is 3.50. The molecule has 0 spiro atoms. The largest absolute Gasteiger partial charge is 0.228 e. The highest BCUT2D eigenvalue weighted by Gasteiger charge is 2.05. The molecule has 0 atom stereocenters. The molecule has 0 fully saturated rings. The zero-order chi connectivity index (χ0) is 12.4. The molecule has 3 heteroatoms. The molecule has 2 aromatic rings. The van der Waals surface area contributed by atoms with Crippen molar-refractivity contribution in [2.75, 3.05) is 0 Å². The predicted molar refractivity (Wildman–Crippen MR) is 71.4 cm³/mol. The summed E-state index contributed by atoms with van der Waals surface area (Å²) in [5.41, 5.74) is 3.23.